The third-order valence-electron chi connectivity index (χ3n) is 6.00. The van der Waals surface area contributed by atoms with Crippen molar-refractivity contribution in [1.29, 1.82) is 0 Å². The molecule has 0 fully saturated rings. The van der Waals surface area contributed by atoms with Gasteiger partial charge in [-0.25, -0.2) is 0 Å². The summed E-state index contributed by atoms with van der Waals surface area (Å²) in [5.74, 6) is -0.205. The number of halogens is 1. The fraction of sp³-hybridized carbons (Fsp3) is 0.375. The molecule has 0 saturated carbocycles. The number of carboxylic acid groups (broad SMARTS) is 1. The summed E-state index contributed by atoms with van der Waals surface area (Å²) in [6.45, 7) is 6.79. The Morgan fingerprint density at radius 2 is 1.90 bits per heavy atom. The normalized spacial score (nSPS) is 13.4. The lowest BCUT2D eigenvalue weighted by molar-refractivity contribution is -0.143. The molecule has 1 heterocycles. The van der Waals surface area contributed by atoms with E-state index < -0.39 is 5.97 Å². The largest absolute Gasteiger partial charge is 0.497 e. The first-order chi connectivity index (χ1) is 13.8. The van der Waals surface area contributed by atoms with Crippen LogP contribution in [-0.4, -0.2) is 22.8 Å². The van der Waals surface area contributed by atoms with Crippen molar-refractivity contribution < 1.29 is 14.6 Å². The molecule has 0 spiro atoms. The van der Waals surface area contributed by atoms with E-state index in [1.165, 1.54) is 16.8 Å². The highest BCUT2D eigenvalue weighted by molar-refractivity contribution is 9.10. The summed E-state index contributed by atoms with van der Waals surface area (Å²) in [6, 6.07) is 14.5. The molecule has 0 radical (unpaired) electrons. The maximum Gasteiger partial charge on any atom is 0.306 e. The lowest BCUT2D eigenvalue weighted by Crippen LogP contribution is -2.22. The highest BCUT2D eigenvalue weighted by Gasteiger charge is 2.25. The van der Waals surface area contributed by atoms with Gasteiger partial charge in [0, 0.05) is 27.6 Å². The third-order valence-corrected chi connectivity index (χ3v) is 6.53. The van der Waals surface area contributed by atoms with E-state index in [-0.39, 0.29) is 11.8 Å². The number of hydrogen-bond acceptors (Lipinski definition) is 2. The average Bonchev–Trinajstić information content (AvgIpc) is 2.97. The summed E-state index contributed by atoms with van der Waals surface area (Å²) in [7, 11) is 1.67. The Morgan fingerprint density at radius 3 is 2.48 bits per heavy atom. The van der Waals surface area contributed by atoms with E-state index in [1.807, 2.05) is 13.0 Å². The molecule has 3 aromatic rings. The van der Waals surface area contributed by atoms with Gasteiger partial charge in [0.1, 0.15) is 5.75 Å². The first-order valence-corrected chi connectivity index (χ1v) is 10.8. The Morgan fingerprint density at radius 1 is 1.21 bits per heavy atom. The highest BCUT2D eigenvalue weighted by Crippen LogP contribution is 2.34. The molecule has 154 valence electrons. The Bertz CT molecular complexity index is 1010. The number of fused-ring (bicyclic) bond motifs is 1. The Labute approximate surface area is 180 Å². The molecular weight excluding hydrogens is 430 g/mol. The number of rotatable bonds is 8. The second-order valence-corrected chi connectivity index (χ2v) is 8.57. The SMILES string of the molecule is CCC(Cc1c(C)n(Cc2ccc(Br)cc2)c2ccc(OC)cc12)C(C)C(=O)O. The van der Waals surface area contributed by atoms with Gasteiger partial charge in [0.25, 0.3) is 0 Å². The van der Waals surface area contributed by atoms with Crippen LogP contribution >= 0.6 is 15.9 Å². The molecule has 0 amide bonds. The third kappa shape index (κ3) is 4.50. The number of carboxylic acids is 1. The van der Waals surface area contributed by atoms with Crippen molar-refractivity contribution in [3.05, 3.63) is 63.8 Å². The lowest BCUT2D eigenvalue weighted by atomic mass is 9.85. The van der Waals surface area contributed by atoms with Gasteiger partial charge in [0.15, 0.2) is 0 Å². The van der Waals surface area contributed by atoms with Crippen molar-refractivity contribution in [3.8, 4) is 5.75 Å². The van der Waals surface area contributed by atoms with E-state index in [4.69, 9.17) is 4.74 Å². The van der Waals surface area contributed by atoms with Crippen LogP contribution in [0.1, 0.15) is 37.1 Å². The number of methoxy groups -OCH3 is 1. The van der Waals surface area contributed by atoms with Gasteiger partial charge in [-0.2, -0.15) is 0 Å². The number of aromatic nitrogens is 1. The van der Waals surface area contributed by atoms with E-state index in [0.29, 0.717) is 0 Å². The fourth-order valence-electron chi connectivity index (χ4n) is 4.03. The van der Waals surface area contributed by atoms with E-state index in [1.54, 1.807) is 7.11 Å². The van der Waals surface area contributed by atoms with Crippen molar-refractivity contribution in [3.63, 3.8) is 0 Å². The van der Waals surface area contributed by atoms with E-state index >= 15 is 0 Å². The molecule has 29 heavy (non-hydrogen) atoms. The number of carbonyl (C=O) groups is 1. The van der Waals surface area contributed by atoms with Crippen LogP contribution in [0.2, 0.25) is 0 Å². The van der Waals surface area contributed by atoms with Gasteiger partial charge in [-0.05, 0) is 60.7 Å². The maximum atomic E-state index is 11.6. The number of aliphatic carboxylic acids is 1. The summed E-state index contributed by atoms with van der Waals surface area (Å²) in [5.41, 5.74) is 4.78. The Balaban J connectivity index is 2.09. The van der Waals surface area contributed by atoms with E-state index in [0.717, 1.165) is 40.5 Å². The van der Waals surface area contributed by atoms with Crippen molar-refractivity contribution in [2.45, 2.75) is 40.2 Å². The molecule has 2 atom stereocenters. The Hall–Kier alpha value is -2.27. The van der Waals surface area contributed by atoms with Crippen LogP contribution in [0.5, 0.6) is 5.75 Å². The molecule has 1 aromatic heterocycles. The van der Waals surface area contributed by atoms with Crippen LogP contribution in [-0.2, 0) is 17.8 Å². The van der Waals surface area contributed by atoms with Crippen LogP contribution < -0.4 is 4.74 Å². The van der Waals surface area contributed by atoms with Crippen molar-refractivity contribution in [1.82, 2.24) is 4.57 Å². The predicted octanol–water partition coefficient (Wildman–Crippen LogP) is 6.06. The monoisotopic (exact) mass is 457 g/mol. The number of benzene rings is 2. The van der Waals surface area contributed by atoms with Crippen molar-refractivity contribution >= 4 is 32.8 Å². The topological polar surface area (TPSA) is 51.5 Å². The molecule has 3 rings (SSSR count). The van der Waals surface area contributed by atoms with Crippen molar-refractivity contribution in [2.75, 3.05) is 7.11 Å². The second-order valence-electron chi connectivity index (χ2n) is 7.66. The van der Waals surface area contributed by atoms with Crippen LogP contribution in [0, 0.1) is 18.8 Å². The molecule has 2 aromatic carbocycles. The first-order valence-electron chi connectivity index (χ1n) is 9.98. The van der Waals surface area contributed by atoms with Crippen LogP contribution in [0.15, 0.2) is 46.9 Å². The molecule has 4 nitrogen and oxygen atoms in total. The molecule has 0 aliphatic rings. The molecule has 0 aliphatic carbocycles. The quantitative estimate of drug-likeness (QED) is 0.447. The number of ether oxygens (including phenoxy) is 1. The minimum atomic E-state index is -0.731. The summed E-state index contributed by atoms with van der Waals surface area (Å²) in [4.78, 5) is 11.6. The van der Waals surface area contributed by atoms with Gasteiger partial charge >= 0.3 is 5.97 Å². The molecule has 5 heteroatoms. The fourth-order valence-corrected chi connectivity index (χ4v) is 4.29. The zero-order chi connectivity index (χ0) is 21.1. The second kappa shape index (κ2) is 9.04. The molecular formula is C24H28BrNO3. The zero-order valence-electron chi connectivity index (χ0n) is 17.4. The van der Waals surface area contributed by atoms with E-state index in [9.17, 15) is 9.90 Å². The molecule has 1 N–H and O–H groups in total. The van der Waals surface area contributed by atoms with Gasteiger partial charge in [-0.1, -0.05) is 48.3 Å². The molecule has 0 bridgehead atoms. The number of hydrogen-bond donors (Lipinski definition) is 1. The van der Waals surface area contributed by atoms with Gasteiger partial charge in [-0.15, -0.1) is 0 Å². The maximum absolute atomic E-state index is 11.6. The first kappa shape index (κ1) is 21.4. The van der Waals surface area contributed by atoms with Crippen LogP contribution in [0.4, 0.5) is 0 Å². The van der Waals surface area contributed by atoms with Crippen molar-refractivity contribution in [2.24, 2.45) is 11.8 Å². The summed E-state index contributed by atoms with van der Waals surface area (Å²) in [6.07, 6.45) is 1.57. The molecule has 0 aliphatic heterocycles. The minimum absolute atomic E-state index is 0.0872. The van der Waals surface area contributed by atoms with Crippen LogP contribution in [0.25, 0.3) is 10.9 Å². The summed E-state index contributed by atoms with van der Waals surface area (Å²) in [5, 5.41) is 10.7. The van der Waals surface area contributed by atoms with Gasteiger partial charge in [0.05, 0.1) is 13.0 Å². The predicted molar refractivity (Wildman–Crippen MR) is 121 cm³/mol. The summed E-state index contributed by atoms with van der Waals surface area (Å²) < 4.78 is 8.86. The van der Waals surface area contributed by atoms with E-state index in [2.05, 4.69) is 70.7 Å². The van der Waals surface area contributed by atoms with Gasteiger partial charge in [-0.3, -0.25) is 4.79 Å². The van der Waals surface area contributed by atoms with Gasteiger partial charge < -0.3 is 14.4 Å². The highest BCUT2D eigenvalue weighted by atomic mass is 79.9. The molecule has 0 saturated heterocycles. The summed E-state index contributed by atoms with van der Waals surface area (Å²) >= 11 is 3.50. The van der Waals surface area contributed by atoms with Gasteiger partial charge in [0.2, 0.25) is 0 Å². The minimum Gasteiger partial charge on any atom is -0.497 e. The molecule has 2 unspecified atom stereocenters. The van der Waals surface area contributed by atoms with Crippen LogP contribution in [0.3, 0.4) is 0 Å². The lowest BCUT2D eigenvalue weighted by Gasteiger charge is -2.19. The zero-order valence-corrected chi connectivity index (χ0v) is 19.0. The smallest absolute Gasteiger partial charge is 0.306 e. The average molecular weight is 458 g/mol. The number of nitrogens with zero attached hydrogens (tertiary/aromatic N) is 1. The standard InChI is InChI=1S/C24H28BrNO3/c1-5-18(15(2)24(27)28)12-21-16(3)26(14-17-6-8-19(25)9-7-17)23-11-10-20(29-4)13-22(21)23/h6-11,13,15,18H,5,12,14H2,1-4H3,(H,27,28). The Kier molecular flexibility index (Phi) is 6.68.